The van der Waals surface area contributed by atoms with Crippen LogP contribution in [-0.2, 0) is 0 Å². The molecule has 0 aliphatic carbocycles. The van der Waals surface area contributed by atoms with Crippen LogP contribution in [0, 0.1) is 13.8 Å². The van der Waals surface area contributed by atoms with Crippen LogP contribution in [0.4, 0.5) is 0 Å². The van der Waals surface area contributed by atoms with E-state index in [2.05, 4.69) is 90.0 Å². The van der Waals surface area contributed by atoms with Crippen molar-refractivity contribution in [1.82, 2.24) is 0 Å². The van der Waals surface area contributed by atoms with E-state index in [9.17, 15) is 0 Å². The summed E-state index contributed by atoms with van der Waals surface area (Å²) in [7, 11) is 3.58. The van der Waals surface area contributed by atoms with Crippen LogP contribution in [0.1, 0.15) is 22.3 Å². The van der Waals surface area contributed by atoms with Crippen molar-refractivity contribution in [2.24, 2.45) is 0 Å². The first-order chi connectivity index (χ1) is 12.6. The third-order valence-electron chi connectivity index (χ3n) is 5.18. The minimum Gasteiger partial charge on any atom is -0.122 e. The maximum absolute atomic E-state index is 3.99. The Hall–Kier alpha value is -2.69. The Morgan fingerprint density at radius 1 is 0.769 bits per heavy atom. The third kappa shape index (κ3) is 2.59. The van der Waals surface area contributed by atoms with Gasteiger partial charge in [0.05, 0.1) is 0 Å². The lowest BCUT2D eigenvalue weighted by molar-refractivity contribution is 1.49. The van der Waals surface area contributed by atoms with Crippen molar-refractivity contribution < 1.29 is 0 Å². The van der Waals surface area contributed by atoms with Gasteiger partial charge in [-0.25, -0.2) is 0 Å². The van der Waals surface area contributed by atoms with Crippen LogP contribution < -0.4 is 0 Å². The van der Waals surface area contributed by atoms with Crippen LogP contribution in [0.25, 0.3) is 38.7 Å². The van der Waals surface area contributed by atoms with E-state index in [1.807, 2.05) is 11.9 Å². The molecule has 0 aliphatic rings. The minimum atomic E-state index is 1.14. The fourth-order valence-corrected chi connectivity index (χ4v) is 4.10. The third-order valence-corrected chi connectivity index (χ3v) is 5.49. The average Bonchev–Trinajstić information content (AvgIpc) is 2.68. The zero-order chi connectivity index (χ0) is 18.3. The summed E-state index contributed by atoms with van der Waals surface area (Å²) in [4.78, 5) is 0. The molecule has 0 bridgehead atoms. The summed E-state index contributed by atoms with van der Waals surface area (Å²) in [5.74, 6) is 1.97. The molecule has 4 aromatic rings. The average molecular weight is 352 g/mol. The van der Waals surface area contributed by atoms with Crippen molar-refractivity contribution in [3.05, 3.63) is 89.5 Å². The Morgan fingerprint density at radius 2 is 1.46 bits per heavy atom. The van der Waals surface area contributed by atoms with Gasteiger partial charge in [-0.15, -0.1) is 8.86 Å². The largest absolute Gasteiger partial charge is 0.122 e. The summed E-state index contributed by atoms with van der Waals surface area (Å²) in [6, 6.07) is 22.0. The molecular weight excluding hydrogens is 331 g/mol. The van der Waals surface area contributed by atoms with Gasteiger partial charge >= 0.3 is 0 Å². The van der Waals surface area contributed by atoms with E-state index >= 15 is 0 Å². The lowest BCUT2D eigenvalue weighted by Crippen LogP contribution is -1.94. The van der Waals surface area contributed by atoms with Crippen LogP contribution in [0.3, 0.4) is 0 Å². The smallest absolute Gasteiger partial charge is 0.00263 e. The Kier molecular flexibility index (Phi) is 4.23. The lowest BCUT2D eigenvalue weighted by atomic mass is 9.86. The van der Waals surface area contributed by atoms with Gasteiger partial charge in [0.25, 0.3) is 0 Å². The summed E-state index contributed by atoms with van der Waals surface area (Å²) in [5.41, 5.74) is 7.44. The highest BCUT2D eigenvalue weighted by Crippen LogP contribution is 2.40. The molecule has 0 radical (unpaired) electrons. The molecule has 4 rings (SSSR count). The second kappa shape index (κ2) is 6.56. The van der Waals surface area contributed by atoms with Gasteiger partial charge in [0, 0.05) is 0 Å². The molecule has 0 nitrogen and oxygen atoms in total. The van der Waals surface area contributed by atoms with Crippen LogP contribution in [-0.4, -0.2) is 5.80 Å². The van der Waals surface area contributed by atoms with Crippen molar-refractivity contribution in [1.29, 1.82) is 0 Å². The molecule has 0 spiro atoms. The fraction of sp³-hybridized carbons (Fsp3) is 0.0800. The molecule has 0 saturated carbocycles. The quantitative estimate of drug-likeness (QED) is 0.270. The second-order valence-electron chi connectivity index (χ2n) is 6.79. The van der Waals surface area contributed by atoms with E-state index in [4.69, 9.17) is 0 Å². The summed E-state index contributed by atoms with van der Waals surface area (Å²) in [5, 5.41) is 5.19. The highest BCUT2D eigenvalue weighted by molar-refractivity contribution is 7.19. The molecule has 1 heteroatoms. The normalized spacial score (nSPS) is 11.0. The monoisotopic (exact) mass is 352 g/mol. The van der Waals surface area contributed by atoms with Gasteiger partial charge in [0.1, 0.15) is 0 Å². The van der Waals surface area contributed by atoms with Crippen molar-refractivity contribution in [3.63, 3.8) is 0 Å². The molecule has 0 aliphatic heterocycles. The number of benzene rings is 4. The predicted octanol–water partition coefficient (Wildman–Crippen LogP) is 7.21. The van der Waals surface area contributed by atoms with Gasteiger partial charge < -0.3 is 0 Å². The van der Waals surface area contributed by atoms with Crippen molar-refractivity contribution in [2.75, 3.05) is 0 Å². The molecule has 4 aromatic carbocycles. The van der Waals surface area contributed by atoms with E-state index in [-0.39, 0.29) is 0 Å². The molecule has 0 unspecified atom stereocenters. The van der Waals surface area contributed by atoms with Crippen LogP contribution in [0.15, 0.2) is 67.2 Å². The maximum Gasteiger partial charge on any atom is -0.00263 e. The molecule has 0 heterocycles. The van der Waals surface area contributed by atoms with Crippen molar-refractivity contribution in [3.8, 4) is 11.1 Å². The number of aryl methyl sites for hydroxylation is 2. The van der Waals surface area contributed by atoms with Crippen molar-refractivity contribution >= 4 is 42.3 Å². The van der Waals surface area contributed by atoms with Gasteiger partial charge in [0.2, 0.25) is 0 Å². The van der Waals surface area contributed by atoms with E-state index < -0.39 is 0 Å². The van der Waals surface area contributed by atoms with Crippen molar-refractivity contribution in [2.45, 2.75) is 13.8 Å². The Bertz CT molecular complexity index is 1170. The lowest BCUT2D eigenvalue weighted by Gasteiger charge is -2.17. The van der Waals surface area contributed by atoms with E-state index in [1.54, 1.807) is 0 Å². The number of rotatable bonds is 3. The standard InChI is InChI=1S/C25H21P/c1-4-18-13-22-17(3)21-11-10-16(2)12-23(21)25(19-8-6-5-7-9-19)24(22)14-20(18)15-26/h4-15,26H,1H2,2-3H3. The molecule has 0 fully saturated rings. The van der Waals surface area contributed by atoms with E-state index in [0.717, 1.165) is 11.1 Å². The molecule has 26 heavy (non-hydrogen) atoms. The Balaban J connectivity index is 2.29. The molecule has 0 amide bonds. The number of fused-ring (bicyclic) bond motifs is 2. The van der Waals surface area contributed by atoms with Crippen LogP contribution >= 0.6 is 8.86 Å². The minimum absolute atomic E-state index is 1.14. The fourth-order valence-electron chi connectivity index (χ4n) is 3.85. The first kappa shape index (κ1) is 16.8. The SMILES string of the molecule is C=Cc1cc2c(C)c3ccc(C)cc3c(-c3ccccc3)c2cc1C=P. The highest BCUT2D eigenvalue weighted by Gasteiger charge is 2.15. The Labute approximate surface area is 157 Å². The van der Waals surface area contributed by atoms with Gasteiger partial charge in [0.15, 0.2) is 0 Å². The molecule has 126 valence electrons. The zero-order valence-corrected chi connectivity index (χ0v) is 16.1. The summed E-state index contributed by atoms with van der Waals surface area (Å²) >= 11 is 0. The summed E-state index contributed by atoms with van der Waals surface area (Å²) < 4.78 is 0. The first-order valence-corrected chi connectivity index (χ1v) is 9.41. The zero-order valence-electron chi connectivity index (χ0n) is 15.1. The van der Waals surface area contributed by atoms with Crippen LogP contribution in [0.2, 0.25) is 0 Å². The Morgan fingerprint density at radius 3 is 2.15 bits per heavy atom. The summed E-state index contributed by atoms with van der Waals surface area (Å²) in [6.45, 7) is 8.37. The topological polar surface area (TPSA) is 0 Å². The molecule has 0 N–H and O–H groups in total. The number of hydrogen-bond acceptors (Lipinski definition) is 0. The van der Waals surface area contributed by atoms with Gasteiger partial charge in [-0.1, -0.05) is 66.7 Å². The second-order valence-corrected chi connectivity index (χ2v) is 7.08. The summed E-state index contributed by atoms with van der Waals surface area (Å²) in [6.07, 6.45) is 1.92. The molecule has 0 atom stereocenters. The van der Waals surface area contributed by atoms with Crippen LogP contribution in [0.5, 0.6) is 0 Å². The van der Waals surface area contributed by atoms with Gasteiger partial charge in [-0.3, -0.25) is 0 Å². The first-order valence-electron chi connectivity index (χ1n) is 8.83. The van der Waals surface area contributed by atoms with Gasteiger partial charge in [-0.05, 0) is 81.1 Å². The van der Waals surface area contributed by atoms with E-state index in [0.29, 0.717) is 0 Å². The van der Waals surface area contributed by atoms with Gasteiger partial charge in [-0.2, -0.15) is 0 Å². The molecular formula is C25H21P. The predicted molar refractivity (Wildman–Crippen MR) is 120 cm³/mol. The molecule has 0 aromatic heterocycles. The number of hydrogen-bond donors (Lipinski definition) is 0. The highest BCUT2D eigenvalue weighted by atomic mass is 31.0. The maximum atomic E-state index is 3.99. The van der Waals surface area contributed by atoms with E-state index in [1.165, 1.54) is 43.8 Å². The molecule has 0 saturated heterocycles.